The van der Waals surface area contributed by atoms with Gasteiger partial charge in [0.25, 0.3) is 0 Å². The molecule has 8 heteroatoms. The monoisotopic (exact) mass is 428 g/mol. The van der Waals surface area contributed by atoms with E-state index in [1.807, 2.05) is 54.1 Å². The van der Waals surface area contributed by atoms with Gasteiger partial charge in [0.05, 0.1) is 11.8 Å². The molecule has 0 spiro atoms. The van der Waals surface area contributed by atoms with Crippen LogP contribution < -0.4 is 5.32 Å². The number of halogens is 1. The fourth-order valence-electron chi connectivity index (χ4n) is 2.80. The number of rotatable bonds is 8. The van der Waals surface area contributed by atoms with Crippen LogP contribution in [0.15, 0.2) is 59.8 Å². The van der Waals surface area contributed by atoms with Gasteiger partial charge in [0, 0.05) is 17.6 Å². The predicted molar refractivity (Wildman–Crippen MR) is 115 cm³/mol. The van der Waals surface area contributed by atoms with Gasteiger partial charge in [-0.15, -0.1) is 10.2 Å². The molecule has 6 nitrogen and oxygen atoms in total. The molecule has 29 heavy (non-hydrogen) atoms. The third-order valence-electron chi connectivity index (χ3n) is 4.38. The van der Waals surface area contributed by atoms with Crippen LogP contribution in [0.3, 0.4) is 0 Å². The van der Waals surface area contributed by atoms with Crippen molar-refractivity contribution in [3.63, 3.8) is 0 Å². The number of nitrogens with zero attached hydrogens (tertiary/aromatic N) is 3. The van der Waals surface area contributed by atoms with Crippen LogP contribution in [0.4, 0.5) is 0 Å². The lowest BCUT2D eigenvalue weighted by atomic mass is 10.0. The Hall–Kier alpha value is -2.64. The molecule has 0 unspecified atom stereocenters. The molecule has 0 saturated heterocycles. The predicted octanol–water partition coefficient (Wildman–Crippen LogP) is 3.54. The number of carbonyl (C=O) groups is 2. The van der Waals surface area contributed by atoms with E-state index in [0.717, 1.165) is 11.1 Å². The first-order chi connectivity index (χ1) is 13.9. The molecule has 150 valence electrons. The van der Waals surface area contributed by atoms with Gasteiger partial charge >= 0.3 is 0 Å². The topological polar surface area (TPSA) is 76.9 Å². The number of benzene rings is 2. The molecule has 0 bridgehead atoms. The molecule has 2 aromatic carbocycles. The summed E-state index contributed by atoms with van der Waals surface area (Å²) in [6, 6.07) is 16.4. The molecule has 1 atom stereocenters. The van der Waals surface area contributed by atoms with E-state index >= 15 is 0 Å². The van der Waals surface area contributed by atoms with Crippen molar-refractivity contribution in [3.05, 3.63) is 65.2 Å². The van der Waals surface area contributed by atoms with Crippen LogP contribution >= 0.6 is 23.4 Å². The van der Waals surface area contributed by atoms with E-state index in [4.69, 9.17) is 11.6 Å². The molecule has 0 aliphatic carbocycles. The fraction of sp³-hybridized carbons (Fsp3) is 0.238. The van der Waals surface area contributed by atoms with Crippen LogP contribution in [-0.2, 0) is 23.1 Å². The molecule has 1 N–H and O–H groups in total. The maximum Gasteiger partial charge on any atom is 0.231 e. The van der Waals surface area contributed by atoms with Gasteiger partial charge in [0.1, 0.15) is 0 Å². The quantitative estimate of drug-likeness (QED) is 0.555. The van der Waals surface area contributed by atoms with Crippen LogP contribution in [0.2, 0.25) is 5.02 Å². The van der Waals surface area contributed by atoms with Crippen molar-refractivity contribution in [3.8, 4) is 11.4 Å². The number of Topliss-reactive ketones (excluding diaryl/α,β-unsaturated/α-hetero) is 1. The van der Waals surface area contributed by atoms with Gasteiger partial charge in [-0.3, -0.25) is 9.59 Å². The average Bonchev–Trinajstić information content (AvgIpc) is 3.07. The first-order valence-corrected chi connectivity index (χ1v) is 10.4. The minimum Gasteiger partial charge on any atom is -0.345 e. The molecule has 0 aliphatic rings. The van der Waals surface area contributed by atoms with Gasteiger partial charge in [0.2, 0.25) is 5.91 Å². The molecule has 0 saturated carbocycles. The lowest BCUT2D eigenvalue weighted by Crippen LogP contribution is -2.42. The summed E-state index contributed by atoms with van der Waals surface area (Å²) in [5.41, 5.74) is 1.89. The van der Waals surface area contributed by atoms with Crippen molar-refractivity contribution in [2.45, 2.75) is 24.5 Å². The summed E-state index contributed by atoms with van der Waals surface area (Å²) in [6.07, 6.45) is 0.469. The summed E-state index contributed by atoms with van der Waals surface area (Å²) >= 11 is 7.20. The van der Waals surface area contributed by atoms with Gasteiger partial charge in [-0.05, 0) is 43.2 Å². The average molecular weight is 429 g/mol. The molecule has 0 aliphatic heterocycles. The van der Waals surface area contributed by atoms with Crippen LogP contribution in [0.5, 0.6) is 0 Å². The number of ketones is 1. The van der Waals surface area contributed by atoms with E-state index in [0.29, 0.717) is 22.4 Å². The highest BCUT2D eigenvalue weighted by molar-refractivity contribution is 7.99. The second-order valence-corrected chi connectivity index (χ2v) is 7.96. The van der Waals surface area contributed by atoms with Crippen LogP contribution in [0.25, 0.3) is 11.4 Å². The maximum atomic E-state index is 12.4. The van der Waals surface area contributed by atoms with Gasteiger partial charge in [0.15, 0.2) is 16.8 Å². The molecule has 1 aromatic heterocycles. The van der Waals surface area contributed by atoms with Crippen LogP contribution in [0, 0.1) is 0 Å². The molecule has 3 rings (SSSR count). The fourth-order valence-corrected chi connectivity index (χ4v) is 3.65. The Morgan fingerprint density at radius 2 is 1.79 bits per heavy atom. The van der Waals surface area contributed by atoms with E-state index in [-0.39, 0.29) is 17.4 Å². The van der Waals surface area contributed by atoms with Crippen LogP contribution in [0.1, 0.15) is 12.5 Å². The lowest BCUT2D eigenvalue weighted by molar-refractivity contribution is -0.125. The number of hydrogen-bond acceptors (Lipinski definition) is 5. The van der Waals surface area contributed by atoms with Crippen molar-refractivity contribution >= 4 is 35.1 Å². The SMILES string of the molecule is CC(=O)[C@H](Cc1ccccc1)NC(=O)CSc1nnc(-c2ccc(Cl)cc2)n1C. The molecule has 1 heterocycles. The number of amides is 1. The smallest absolute Gasteiger partial charge is 0.231 e. The number of nitrogens with one attached hydrogen (secondary N) is 1. The second kappa shape index (κ2) is 9.71. The first kappa shape index (κ1) is 21.1. The van der Waals surface area contributed by atoms with Crippen molar-refractivity contribution in [2.24, 2.45) is 7.05 Å². The maximum absolute atomic E-state index is 12.4. The Balaban J connectivity index is 1.60. The minimum absolute atomic E-state index is 0.0733. The number of thioether (sulfide) groups is 1. The Bertz CT molecular complexity index is 990. The zero-order valence-corrected chi connectivity index (χ0v) is 17.7. The molecule has 3 aromatic rings. The summed E-state index contributed by atoms with van der Waals surface area (Å²) in [6.45, 7) is 1.49. The second-order valence-electron chi connectivity index (χ2n) is 6.58. The van der Waals surface area contributed by atoms with Gasteiger partial charge < -0.3 is 9.88 Å². The Kier molecular flexibility index (Phi) is 7.06. The van der Waals surface area contributed by atoms with Crippen molar-refractivity contribution in [1.82, 2.24) is 20.1 Å². The Labute approximate surface area is 178 Å². The summed E-state index contributed by atoms with van der Waals surface area (Å²) in [5.74, 6) is 0.541. The summed E-state index contributed by atoms with van der Waals surface area (Å²) in [4.78, 5) is 24.3. The zero-order chi connectivity index (χ0) is 20.8. The molecule has 0 radical (unpaired) electrons. The van der Waals surface area contributed by atoms with E-state index in [2.05, 4.69) is 15.5 Å². The van der Waals surface area contributed by atoms with Crippen LogP contribution in [-0.4, -0.2) is 38.2 Å². The van der Waals surface area contributed by atoms with Gasteiger partial charge in [-0.25, -0.2) is 0 Å². The standard InChI is InChI=1S/C21H21ClN4O2S/c1-14(27)18(12-15-6-4-3-5-7-15)23-19(28)13-29-21-25-24-20(26(21)2)16-8-10-17(22)11-9-16/h3-11,18H,12-13H2,1-2H3,(H,23,28)/t18-/m0/s1. The van der Waals surface area contributed by atoms with Crippen molar-refractivity contribution < 1.29 is 9.59 Å². The third-order valence-corrected chi connectivity index (χ3v) is 5.65. The zero-order valence-electron chi connectivity index (χ0n) is 16.1. The van der Waals surface area contributed by atoms with Crippen molar-refractivity contribution in [2.75, 3.05) is 5.75 Å². The minimum atomic E-state index is -0.547. The summed E-state index contributed by atoms with van der Waals surface area (Å²) in [7, 11) is 1.85. The third kappa shape index (κ3) is 5.68. The summed E-state index contributed by atoms with van der Waals surface area (Å²) in [5, 5.41) is 12.5. The molecule has 1 amide bonds. The van der Waals surface area contributed by atoms with E-state index in [1.165, 1.54) is 18.7 Å². The normalized spacial score (nSPS) is 11.8. The summed E-state index contributed by atoms with van der Waals surface area (Å²) < 4.78 is 1.83. The molecule has 0 fully saturated rings. The number of aromatic nitrogens is 3. The number of carbonyl (C=O) groups excluding carboxylic acids is 2. The van der Waals surface area contributed by atoms with E-state index in [1.54, 1.807) is 12.1 Å². The highest BCUT2D eigenvalue weighted by Crippen LogP contribution is 2.23. The van der Waals surface area contributed by atoms with E-state index in [9.17, 15) is 9.59 Å². The highest BCUT2D eigenvalue weighted by Gasteiger charge is 2.19. The number of hydrogen-bond donors (Lipinski definition) is 1. The lowest BCUT2D eigenvalue weighted by Gasteiger charge is -2.16. The first-order valence-electron chi connectivity index (χ1n) is 9.06. The Morgan fingerprint density at radius 3 is 2.45 bits per heavy atom. The van der Waals surface area contributed by atoms with Crippen molar-refractivity contribution in [1.29, 1.82) is 0 Å². The molecular weight excluding hydrogens is 408 g/mol. The van der Waals surface area contributed by atoms with E-state index < -0.39 is 6.04 Å². The highest BCUT2D eigenvalue weighted by atomic mass is 35.5. The van der Waals surface area contributed by atoms with Gasteiger partial charge in [-0.2, -0.15) is 0 Å². The largest absolute Gasteiger partial charge is 0.345 e. The Morgan fingerprint density at radius 1 is 1.10 bits per heavy atom. The van der Waals surface area contributed by atoms with Gasteiger partial charge in [-0.1, -0.05) is 53.7 Å². The molecular formula is C21H21ClN4O2S.